The molecule has 2 nitrogen and oxygen atoms in total. The SMILES string of the molecule is c1ccc(-c2ccc(N(c3ccc(-c4cc(-c5ccccc5)cc(-c5cccc6c5c5ccccc5n6-c5ccccc5)c4)cc3)c3ccc(-c4ccccc4)cc3-c3ccccc3)cc2)cc1. The zero-order valence-electron chi connectivity index (χ0n) is 37.5. The Labute approximate surface area is 397 Å². The summed E-state index contributed by atoms with van der Waals surface area (Å²) in [6.07, 6.45) is 0. The smallest absolute Gasteiger partial charge is 0.0547 e. The highest BCUT2D eigenvalue weighted by Gasteiger charge is 2.21. The highest BCUT2D eigenvalue weighted by Crippen LogP contribution is 2.45. The minimum atomic E-state index is 1.07. The minimum absolute atomic E-state index is 1.07. The molecule has 1 aromatic heterocycles. The first kappa shape index (κ1) is 40.5. The van der Waals surface area contributed by atoms with Crippen molar-refractivity contribution in [1.82, 2.24) is 4.57 Å². The van der Waals surface area contributed by atoms with Crippen molar-refractivity contribution in [3.8, 4) is 72.4 Å². The second-order valence-electron chi connectivity index (χ2n) is 17.3. The van der Waals surface area contributed by atoms with Gasteiger partial charge in [0.25, 0.3) is 0 Å². The van der Waals surface area contributed by atoms with Crippen molar-refractivity contribution in [1.29, 1.82) is 0 Å². The summed E-state index contributed by atoms with van der Waals surface area (Å²) in [5.74, 6) is 0. The third-order valence-electron chi connectivity index (χ3n) is 13.2. The van der Waals surface area contributed by atoms with E-state index < -0.39 is 0 Å². The summed E-state index contributed by atoms with van der Waals surface area (Å²) < 4.78 is 2.40. The van der Waals surface area contributed by atoms with Crippen LogP contribution >= 0.6 is 0 Å². The summed E-state index contributed by atoms with van der Waals surface area (Å²) in [5.41, 5.74) is 20.9. The minimum Gasteiger partial charge on any atom is -0.310 e. The maximum Gasteiger partial charge on any atom is 0.0547 e. The molecule has 0 aliphatic heterocycles. The quantitative estimate of drug-likeness (QED) is 0.133. The van der Waals surface area contributed by atoms with Gasteiger partial charge in [-0.2, -0.15) is 0 Å². The van der Waals surface area contributed by atoms with Crippen LogP contribution in [0.4, 0.5) is 17.1 Å². The van der Waals surface area contributed by atoms with E-state index in [9.17, 15) is 0 Å². The standard InChI is InChI=1S/C66H46N2/c1-6-19-47(20-7-1)50-33-38-58(39-34-50)67(64-42-37-53(48-21-8-2-9-22-48)46-62(64)52-25-12-4-13-26-52)59-40-35-51(36-41-59)55-43-54(49-23-10-3-11-24-49)44-56(45-55)60-30-18-32-65-66(60)61-29-16-17-31-63(61)68(65)57-27-14-5-15-28-57/h1-46H. The highest BCUT2D eigenvalue weighted by atomic mass is 15.1. The molecule has 320 valence electrons. The Morgan fingerprint density at radius 1 is 0.250 bits per heavy atom. The molecule has 12 aromatic rings. The van der Waals surface area contributed by atoms with Crippen molar-refractivity contribution in [2.45, 2.75) is 0 Å². The maximum atomic E-state index is 2.41. The van der Waals surface area contributed by atoms with Crippen LogP contribution in [-0.4, -0.2) is 4.57 Å². The molecule has 0 aliphatic carbocycles. The Hall–Kier alpha value is -8.98. The van der Waals surface area contributed by atoms with Crippen LogP contribution in [0.5, 0.6) is 0 Å². The van der Waals surface area contributed by atoms with Gasteiger partial charge in [-0.3, -0.25) is 0 Å². The lowest BCUT2D eigenvalue weighted by atomic mass is 9.91. The van der Waals surface area contributed by atoms with Crippen molar-refractivity contribution in [2.24, 2.45) is 0 Å². The summed E-state index contributed by atoms with van der Waals surface area (Å²) in [6.45, 7) is 0. The van der Waals surface area contributed by atoms with Gasteiger partial charge in [-0.05, 0) is 140 Å². The molecule has 0 amide bonds. The molecule has 0 saturated heterocycles. The normalized spacial score (nSPS) is 11.2. The van der Waals surface area contributed by atoms with E-state index in [2.05, 4.69) is 289 Å². The zero-order valence-corrected chi connectivity index (χ0v) is 37.5. The summed E-state index contributed by atoms with van der Waals surface area (Å²) in [4.78, 5) is 2.41. The van der Waals surface area contributed by atoms with Gasteiger partial charge in [-0.25, -0.2) is 0 Å². The number of hydrogen-bond acceptors (Lipinski definition) is 1. The molecule has 0 spiro atoms. The van der Waals surface area contributed by atoms with Crippen molar-refractivity contribution in [3.05, 3.63) is 279 Å². The Kier molecular flexibility index (Phi) is 10.6. The Bertz CT molecular complexity index is 3670. The van der Waals surface area contributed by atoms with Gasteiger partial charge in [0.2, 0.25) is 0 Å². The molecule has 0 unspecified atom stereocenters. The molecular formula is C66H46N2. The van der Waals surface area contributed by atoms with Crippen LogP contribution in [0.25, 0.3) is 94.3 Å². The highest BCUT2D eigenvalue weighted by molar-refractivity contribution is 6.16. The molecule has 0 saturated carbocycles. The molecule has 2 heteroatoms. The lowest BCUT2D eigenvalue weighted by molar-refractivity contribution is 1.18. The van der Waals surface area contributed by atoms with Crippen LogP contribution in [0, 0.1) is 0 Å². The lowest BCUT2D eigenvalue weighted by Gasteiger charge is -2.29. The van der Waals surface area contributed by atoms with E-state index in [1.807, 2.05) is 0 Å². The van der Waals surface area contributed by atoms with E-state index in [4.69, 9.17) is 0 Å². The molecule has 0 radical (unpaired) electrons. The van der Waals surface area contributed by atoms with Gasteiger partial charge < -0.3 is 9.47 Å². The van der Waals surface area contributed by atoms with E-state index in [1.165, 1.54) is 66.3 Å². The van der Waals surface area contributed by atoms with Crippen molar-refractivity contribution in [3.63, 3.8) is 0 Å². The van der Waals surface area contributed by atoms with Gasteiger partial charge >= 0.3 is 0 Å². The third kappa shape index (κ3) is 7.64. The van der Waals surface area contributed by atoms with Crippen LogP contribution < -0.4 is 4.90 Å². The topological polar surface area (TPSA) is 8.17 Å². The zero-order chi connectivity index (χ0) is 45.2. The fraction of sp³-hybridized carbons (Fsp3) is 0. The Balaban J connectivity index is 1.01. The second-order valence-corrected chi connectivity index (χ2v) is 17.3. The van der Waals surface area contributed by atoms with E-state index >= 15 is 0 Å². The number of rotatable bonds is 10. The van der Waals surface area contributed by atoms with Crippen LogP contribution in [-0.2, 0) is 0 Å². The summed E-state index contributed by atoms with van der Waals surface area (Å²) >= 11 is 0. The van der Waals surface area contributed by atoms with E-state index in [1.54, 1.807) is 0 Å². The van der Waals surface area contributed by atoms with Gasteiger partial charge in [0.15, 0.2) is 0 Å². The number of hydrogen-bond donors (Lipinski definition) is 0. The van der Waals surface area contributed by atoms with Gasteiger partial charge in [-0.15, -0.1) is 0 Å². The first-order valence-electron chi connectivity index (χ1n) is 23.3. The van der Waals surface area contributed by atoms with Gasteiger partial charge in [0, 0.05) is 33.4 Å². The monoisotopic (exact) mass is 866 g/mol. The number of aromatic nitrogens is 1. The van der Waals surface area contributed by atoms with Crippen LogP contribution in [0.1, 0.15) is 0 Å². The van der Waals surface area contributed by atoms with Gasteiger partial charge in [-0.1, -0.05) is 200 Å². The molecule has 68 heavy (non-hydrogen) atoms. The van der Waals surface area contributed by atoms with Crippen LogP contribution in [0.2, 0.25) is 0 Å². The Morgan fingerprint density at radius 3 is 1.26 bits per heavy atom. The fourth-order valence-electron chi connectivity index (χ4n) is 9.92. The second kappa shape index (κ2) is 17.8. The van der Waals surface area contributed by atoms with Crippen molar-refractivity contribution in [2.75, 3.05) is 4.90 Å². The largest absolute Gasteiger partial charge is 0.310 e. The number of para-hydroxylation sites is 2. The van der Waals surface area contributed by atoms with Crippen molar-refractivity contribution < 1.29 is 0 Å². The maximum absolute atomic E-state index is 2.41. The van der Waals surface area contributed by atoms with Gasteiger partial charge in [0.05, 0.1) is 16.7 Å². The van der Waals surface area contributed by atoms with Crippen LogP contribution in [0.3, 0.4) is 0 Å². The predicted octanol–water partition coefficient (Wildman–Crippen LogP) is 18.3. The molecule has 11 aromatic carbocycles. The molecule has 0 bridgehead atoms. The molecule has 0 N–H and O–H groups in total. The lowest BCUT2D eigenvalue weighted by Crippen LogP contribution is -2.11. The molecule has 12 rings (SSSR count). The first-order chi connectivity index (χ1) is 33.7. The number of anilines is 3. The van der Waals surface area contributed by atoms with Crippen LogP contribution in [0.15, 0.2) is 279 Å². The van der Waals surface area contributed by atoms with E-state index in [-0.39, 0.29) is 0 Å². The molecule has 1 heterocycles. The van der Waals surface area contributed by atoms with E-state index in [0.29, 0.717) is 0 Å². The first-order valence-corrected chi connectivity index (χ1v) is 23.3. The Morgan fingerprint density at radius 2 is 0.676 bits per heavy atom. The number of fused-ring (bicyclic) bond motifs is 3. The molecule has 0 aliphatic rings. The number of benzene rings is 11. The molecule has 0 atom stereocenters. The predicted molar refractivity (Wildman–Crippen MR) is 288 cm³/mol. The fourth-order valence-corrected chi connectivity index (χ4v) is 9.92. The summed E-state index contributed by atoms with van der Waals surface area (Å²) in [7, 11) is 0. The third-order valence-corrected chi connectivity index (χ3v) is 13.2. The molecule has 0 fully saturated rings. The van der Waals surface area contributed by atoms with Gasteiger partial charge in [0.1, 0.15) is 0 Å². The summed E-state index contributed by atoms with van der Waals surface area (Å²) in [6, 6.07) is 101. The summed E-state index contributed by atoms with van der Waals surface area (Å²) in [5, 5.41) is 2.49. The average Bonchev–Trinajstić information content (AvgIpc) is 3.77. The van der Waals surface area contributed by atoms with E-state index in [0.717, 1.165) is 45.0 Å². The molecular weight excluding hydrogens is 821 g/mol. The number of nitrogens with zero attached hydrogens (tertiary/aromatic N) is 2. The average molecular weight is 867 g/mol. The van der Waals surface area contributed by atoms with Crippen molar-refractivity contribution >= 4 is 38.9 Å².